The molecule has 17 heavy (non-hydrogen) atoms. The fourth-order valence-electron chi connectivity index (χ4n) is 1.55. The fourth-order valence-corrected chi connectivity index (χ4v) is 1.55. The average molecular weight is 232 g/mol. The van der Waals surface area contributed by atoms with Crippen molar-refractivity contribution in [2.45, 2.75) is 34.6 Å². The second-order valence-corrected chi connectivity index (χ2v) is 3.17. The highest BCUT2D eigenvalue weighted by Crippen LogP contribution is 2.24. The third-order valence-corrected chi connectivity index (χ3v) is 2.26. The molecule has 2 aromatic rings. The van der Waals surface area contributed by atoms with E-state index in [4.69, 9.17) is 4.74 Å². The van der Waals surface area contributed by atoms with Gasteiger partial charge in [0.05, 0.1) is 7.11 Å². The molecule has 2 aromatic carbocycles. The van der Waals surface area contributed by atoms with Gasteiger partial charge in [-0.15, -0.1) is 0 Å². The van der Waals surface area contributed by atoms with Crippen LogP contribution in [0, 0.1) is 6.92 Å². The molecule has 0 radical (unpaired) electrons. The first kappa shape index (κ1) is 15.5. The van der Waals surface area contributed by atoms with Crippen LogP contribution in [0.1, 0.15) is 33.3 Å². The van der Waals surface area contributed by atoms with Gasteiger partial charge >= 0.3 is 0 Å². The quantitative estimate of drug-likeness (QED) is 0.656. The Balaban J connectivity index is 0.000000581. The third kappa shape index (κ3) is 4.10. The highest BCUT2D eigenvalue weighted by atomic mass is 16.5. The SMILES string of the molecule is CC.CC.COc1cc2ccccc2cc1C. The number of ether oxygens (including phenoxy) is 1. The first-order valence-electron chi connectivity index (χ1n) is 6.34. The molecule has 0 saturated carbocycles. The molecule has 0 aliphatic rings. The van der Waals surface area contributed by atoms with Gasteiger partial charge in [-0.25, -0.2) is 0 Å². The molecule has 0 saturated heterocycles. The fraction of sp³-hybridized carbons (Fsp3) is 0.375. The van der Waals surface area contributed by atoms with Gasteiger partial charge in [-0.2, -0.15) is 0 Å². The van der Waals surface area contributed by atoms with E-state index in [-0.39, 0.29) is 0 Å². The van der Waals surface area contributed by atoms with Crippen LogP contribution in [0.15, 0.2) is 36.4 Å². The molecule has 0 atom stereocenters. The summed E-state index contributed by atoms with van der Waals surface area (Å²) in [6, 6.07) is 12.5. The second kappa shape index (κ2) is 8.63. The van der Waals surface area contributed by atoms with Crippen LogP contribution in [0.5, 0.6) is 5.75 Å². The zero-order valence-electron chi connectivity index (χ0n) is 11.9. The molecule has 0 amide bonds. The highest BCUT2D eigenvalue weighted by molar-refractivity contribution is 5.84. The first-order valence-corrected chi connectivity index (χ1v) is 6.34. The monoisotopic (exact) mass is 232 g/mol. The maximum atomic E-state index is 5.25. The minimum Gasteiger partial charge on any atom is -0.496 e. The van der Waals surface area contributed by atoms with Crippen molar-refractivity contribution in [2.75, 3.05) is 7.11 Å². The molecular weight excluding hydrogens is 208 g/mol. The van der Waals surface area contributed by atoms with Gasteiger partial charge in [-0.3, -0.25) is 0 Å². The molecule has 94 valence electrons. The van der Waals surface area contributed by atoms with E-state index in [1.807, 2.05) is 39.8 Å². The van der Waals surface area contributed by atoms with Crippen molar-refractivity contribution in [3.05, 3.63) is 42.0 Å². The standard InChI is InChI=1S/C12H12O.2C2H6/c1-9-7-10-5-3-4-6-11(10)8-12(9)13-2;2*1-2/h3-8H,1-2H3;2*1-2H3. The molecule has 0 aliphatic carbocycles. The van der Waals surface area contributed by atoms with Gasteiger partial charge in [0.2, 0.25) is 0 Å². The predicted octanol–water partition coefficient (Wildman–Crippen LogP) is 5.21. The molecule has 0 unspecified atom stereocenters. The summed E-state index contributed by atoms with van der Waals surface area (Å²) in [5.41, 5.74) is 1.18. The summed E-state index contributed by atoms with van der Waals surface area (Å²) >= 11 is 0. The van der Waals surface area contributed by atoms with Crippen molar-refractivity contribution < 1.29 is 4.74 Å². The first-order chi connectivity index (χ1) is 8.31. The lowest BCUT2D eigenvalue weighted by atomic mass is 10.1. The molecule has 0 aliphatic heterocycles. The van der Waals surface area contributed by atoms with Crippen molar-refractivity contribution in [2.24, 2.45) is 0 Å². The predicted molar refractivity (Wildman–Crippen MR) is 77.9 cm³/mol. The van der Waals surface area contributed by atoms with Crippen LogP contribution in [0.25, 0.3) is 10.8 Å². The summed E-state index contributed by atoms with van der Waals surface area (Å²) in [6.07, 6.45) is 0. The number of benzene rings is 2. The lowest BCUT2D eigenvalue weighted by molar-refractivity contribution is 0.412. The maximum absolute atomic E-state index is 5.25. The molecule has 0 fully saturated rings. The maximum Gasteiger partial charge on any atom is 0.122 e. The van der Waals surface area contributed by atoms with E-state index in [9.17, 15) is 0 Å². The Labute approximate surface area is 105 Å². The number of hydrogen-bond acceptors (Lipinski definition) is 1. The van der Waals surface area contributed by atoms with Crippen LogP contribution in [0.2, 0.25) is 0 Å². The summed E-state index contributed by atoms with van der Waals surface area (Å²) in [5.74, 6) is 0.957. The Hall–Kier alpha value is -1.50. The molecule has 0 N–H and O–H groups in total. The van der Waals surface area contributed by atoms with E-state index >= 15 is 0 Å². The van der Waals surface area contributed by atoms with E-state index < -0.39 is 0 Å². The van der Waals surface area contributed by atoms with Crippen LogP contribution in [-0.2, 0) is 0 Å². The summed E-state index contributed by atoms with van der Waals surface area (Å²) in [4.78, 5) is 0. The zero-order chi connectivity index (χ0) is 13.3. The summed E-state index contributed by atoms with van der Waals surface area (Å²) in [5, 5.41) is 2.49. The molecular formula is C16H24O. The van der Waals surface area contributed by atoms with E-state index in [1.54, 1.807) is 7.11 Å². The van der Waals surface area contributed by atoms with E-state index in [0.717, 1.165) is 5.75 Å². The van der Waals surface area contributed by atoms with Crippen LogP contribution in [0.3, 0.4) is 0 Å². The van der Waals surface area contributed by atoms with Crippen molar-refractivity contribution in [3.63, 3.8) is 0 Å². The molecule has 0 spiro atoms. The Morgan fingerprint density at radius 1 is 0.824 bits per heavy atom. The Morgan fingerprint density at radius 2 is 1.29 bits per heavy atom. The largest absolute Gasteiger partial charge is 0.496 e. The minimum absolute atomic E-state index is 0.957. The number of hydrogen-bond donors (Lipinski definition) is 0. The van der Waals surface area contributed by atoms with Gasteiger partial charge in [0.1, 0.15) is 5.75 Å². The van der Waals surface area contributed by atoms with Crippen molar-refractivity contribution in [3.8, 4) is 5.75 Å². The topological polar surface area (TPSA) is 9.23 Å². The number of aryl methyl sites for hydroxylation is 1. The minimum atomic E-state index is 0.957. The van der Waals surface area contributed by atoms with Gasteiger partial charge in [0.15, 0.2) is 0 Å². The number of rotatable bonds is 1. The van der Waals surface area contributed by atoms with Crippen molar-refractivity contribution in [1.82, 2.24) is 0 Å². The molecule has 0 aromatic heterocycles. The van der Waals surface area contributed by atoms with Gasteiger partial charge in [-0.05, 0) is 35.4 Å². The lowest BCUT2D eigenvalue weighted by Gasteiger charge is -2.06. The highest BCUT2D eigenvalue weighted by Gasteiger charge is 1.99. The zero-order valence-corrected chi connectivity index (χ0v) is 11.9. The van der Waals surface area contributed by atoms with Crippen molar-refractivity contribution >= 4 is 10.8 Å². The van der Waals surface area contributed by atoms with Crippen LogP contribution in [-0.4, -0.2) is 7.11 Å². The Morgan fingerprint density at radius 3 is 1.76 bits per heavy atom. The van der Waals surface area contributed by atoms with E-state index in [0.29, 0.717) is 0 Å². The van der Waals surface area contributed by atoms with Crippen LogP contribution in [0.4, 0.5) is 0 Å². The normalized spacial score (nSPS) is 8.59. The summed E-state index contributed by atoms with van der Waals surface area (Å²) in [7, 11) is 1.71. The number of fused-ring (bicyclic) bond motifs is 1. The van der Waals surface area contributed by atoms with Gasteiger partial charge in [-0.1, -0.05) is 52.0 Å². The molecule has 2 rings (SSSR count). The summed E-state index contributed by atoms with van der Waals surface area (Å²) in [6.45, 7) is 10.1. The van der Waals surface area contributed by atoms with Crippen molar-refractivity contribution in [1.29, 1.82) is 0 Å². The van der Waals surface area contributed by atoms with Crippen LogP contribution >= 0.6 is 0 Å². The molecule has 1 nitrogen and oxygen atoms in total. The van der Waals surface area contributed by atoms with E-state index in [1.165, 1.54) is 16.3 Å². The molecule has 0 bridgehead atoms. The molecule has 0 heterocycles. The van der Waals surface area contributed by atoms with Gasteiger partial charge in [0, 0.05) is 0 Å². The lowest BCUT2D eigenvalue weighted by Crippen LogP contribution is -1.86. The molecule has 1 heteroatoms. The Kier molecular flexibility index (Phi) is 7.87. The Bertz CT molecular complexity index is 432. The number of methoxy groups -OCH3 is 1. The second-order valence-electron chi connectivity index (χ2n) is 3.17. The third-order valence-electron chi connectivity index (χ3n) is 2.26. The smallest absolute Gasteiger partial charge is 0.122 e. The van der Waals surface area contributed by atoms with Gasteiger partial charge in [0.25, 0.3) is 0 Å². The van der Waals surface area contributed by atoms with Gasteiger partial charge < -0.3 is 4.74 Å². The van der Waals surface area contributed by atoms with Crippen LogP contribution < -0.4 is 4.74 Å². The average Bonchev–Trinajstić information content (AvgIpc) is 2.42. The van der Waals surface area contributed by atoms with E-state index in [2.05, 4.69) is 31.2 Å². The summed E-state index contributed by atoms with van der Waals surface area (Å²) < 4.78 is 5.25.